The summed E-state index contributed by atoms with van der Waals surface area (Å²) in [5, 5.41) is 8.71. The van der Waals surface area contributed by atoms with Crippen LogP contribution in [0, 0.1) is 13.8 Å². The Kier molecular flexibility index (Phi) is 10.8. The fraction of sp³-hybridized carbons (Fsp3) is 0.545. The fourth-order valence-corrected chi connectivity index (χ4v) is 4.64. The number of nitrogens with one attached hydrogen (secondary N) is 2. The molecule has 1 fully saturated rings. The van der Waals surface area contributed by atoms with Crippen LogP contribution in [-0.4, -0.2) is 62.2 Å². The van der Waals surface area contributed by atoms with Crippen molar-refractivity contribution in [2.75, 3.05) is 51.2 Å². The third kappa shape index (κ3) is 7.47. The first-order valence-electron chi connectivity index (χ1n) is 10.6. The second-order valence-corrected chi connectivity index (χ2v) is 9.34. The van der Waals surface area contributed by atoms with Crippen LogP contribution in [0.5, 0.6) is 0 Å². The first-order valence-corrected chi connectivity index (χ1v) is 11.8. The van der Waals surface area contributed by atoms with Gasteiger partial charge in [-0.25, -0.2) is 9.98 Å². The van der Waals surface area contributed by atoms with Crippen LogP contribution in [0.25, 0.3) is 0 Å². The van der Waals surface area contributed by atoms with Crippen molar-refractivity contribution >= 4 is 58.6 Å². The smallest absolute Gasteiger partial charge is 0.191 e. The molecule has 6 nitrogen and oxygen atoms in total. The summed E-state index contributed by atoms with van der Waals surface area (Å²) >= 11 is 8.36. The van der Waals surface area contributed by atoms with Crippen molar-refractivity contribution in [1.82, 2.24) is 20.5 Å². The second kappa shape index (κ2) is 12.8. The number of hydrogen-bond acceptors (Lipinski definition) is 5. The lowest BCUT2D eigenvalue weighted by Crippen LogP contribution is -2.44. The second-order valence-electron chi connectivity index (χ2n) is 7.65. The highest BCUT2D eigenvalue weighted by Gasteiger charge is 2.18. The van der Waals surface area contributed by atoms with Gasteiger partial charge in [0.1, 0.15) is 0 Å². The van der Waals surface area contributed by atoms with Gasteiger partial charge in [-0.3, -0.25) is 0 Å². The van der Waals surface area contributed by atoms with E-state index in [1.54, 1.807) is 11.3 Å². The highest BCUT2D eigenvalue weighted by Crippen LogP contribution is 2.29. The summed E-state index contributed by atoms with van der Waals surface area (Å²) in [6.07, 6.45) is 0.891. The third-order valence-corrected chi connectivity index (χ3v) is 6.87. The lowest BCUT2D eigenvalue weighted by molar-refractivity contribution is 0.312. The summed E-state index contributed by atoms with van der Waals surface area (Å²) in [6, 6.07) is 6.15. The molecule has 3 rings (SSSR count). The molecular formula is C22H34ClIN6S. The molecule has 1 aromatic heterocycles. The monoisotopic (exact) mass is 576 g/mol. The summed E-state index contributed by atoms with van der Waals surface area (Å²) < 4.78 is 0. The molecule has 1 saturated heterocycles. The number of rotatable bonds is 7. The molecule has 0 unspecified atom stereocenters. The van der Waals surface area contributed by atoms with Gasteiger partial charge in [-0.05, 0) is 40.0 Å². The van der Waals surface area contributed by atoms with Crippen LogP contribution in [-0.2, 0) is 13.0 Å². The molecule has 2 N–H and O–H groups in total. The summed E-state index contributed by atoms with van der Waals surface area (Å²) in [5.41, 5.74) is 3.42. The third-order valence-electron chi connectivity index (χ3n) is 5.38. The van der Waals surface area contributed by atoms with E-state index in [-0.39, 0.29) is 24.0 Å². The van der Waals surface area contributed by atoms with E-state index in [1.165, 1.54) is 10.6 Å². The molecule has 0 amide bonds. The van der Waals surface area contributed by atoms with Crippen LogP contribution in [0.1, 0.15) is 28.1 Å². The predicted molar refractivity (Wildman–Crippen MR) is 145 cm³/mol. The minimum absolute atomic E-state index is 0. The van der Waals surface area contributed by atoms with Crippen molar-refractivity contribution in [3.63, 3.8) is 0 Å². The van der Waals surface area contributed by atoms with Crippen molar-refractivity contribution in [3.05, 3.63) is 44.4 Å². The molecule has 0 radical (unpaired) electrons. The lowest BCUT2D eigenvalue weighted by atomic mass is 10.1. The van der Waals surface area contributed by atoms with Gasteiger partial charge in [0.15, 0.2) is 5.96 Å². The summed E-state index contributed by atoms with van der Waals surface area (Å²) in [6.45, 7) is 12.6. The van der Waals surface area contributed by atoms with Crippen LogP contribution >= 0.6 is 46.9 Å². The number of likely N-dealkylation sites (N-methyl/N-ethyl adjacent to an activating group) is 1. The van der Waals surface area contributed by atoms with Crippen LogP contribution in [0.15, 0.2) is 23.2 Å². The number of benzene rings is 1. The topological polar surface area (TPSA) is 55.8 Å². The Morgan fingerprint density at radius 3 is 2.58 bits per heavy atom. The van der Waals surface area contributed by atoms with Gasteiger partial charge in [0, 0.05) is 66.8 Å². The number of piperazine rings is 1. The fourth-order valence-electron chi connectivity index (χ4n) is 3.48. The quantitative estimate of drug-likeness (QED) is 0.296. The number of aryl methyl sites for hydroxylation is 2. The summed E-state index contributed by atoms with van der Waals surface area (Å²) in [5.74, 6) is 0.812. The average Bonchev–Trinajstić information content (AvgIpc) is 3.04. The maximum atomic E-state index is 6.59. The number of halogens is 2. The molecule has 0 aliphatic carbocycles. The number of nitrogens with zero attached hydrogens (tertiary/aromatic N) is 4. The van der Waals surface area contributed by atoms with E-state index in [0.717, 1.165) is 72.9 Å². The average molecular weight is 577 g/mol. The zero-order valence-electron chi connectivity index (χ0n) is 18.9. The van der Waals surface area contributed by atoms with E-state index in [2.05, 4.69) is 59.3 Å². The van der Waals surface area contributed by atoms with Crippen molar-refractivity contribution in [3.8, 4) is 0 Å². The molecular weight excluding hydrogens is 543 g/mol. The van der Waals surface area contributed by atoms with Crippen molar-refractivity contribution in [2.45, 2.75) is 33.7 Å². The minimum Gasteiger partial charge on any atom is -0.369 e. The van der Waals surface area contributed by atoms with E-state index in [1.807, 2.05) is 12.1 Å². The minimum atomic E-state index is 0. The Hall–Kier alpha value is -1.10. The van der Waals surface area contributed by atoms with E-state index in [0.29, 0.717) is 6.54 Å². The van der Waals surface area contributed by atoms with Gasteiger partial charge in [0.25, 0.3) is 0 Å². The number of hydrogen-bond donors (Lipinski definition) is 2. The molecule has 2 aromatic rings. The SMILES string of the molecule is CCNC(=NCc1c(Cl)cccc1N1CCN(C)CC1)NCCc1nc(C)c(C)s1.I. The molecule has 1 aliphatic heterocycles. The molecule has 0 saturated carbocycles. The Bertz CT molecular complexity index is 844. The Morgan fingerprint density at radius 1 is 1.19 bits per heavy atom. The Morgan fingerprint density at radius 2 is 1.94 bits per heavy atom. The van der Waals surface area contributed by atoms with Gasteiger partial charge in [-0.15, -0.1) is 35.3 Å². The van der Waals surface area contributed by atoms with Crippen molar-refractivity contribution in [2.24, 2.45) is 4.99 Å². The molecule has 1 aliphatic rings. The first kappa shape index (κ1) is 26.2. The highest BCUT2D eigenvalue weighted by atomic mass is 127. The van der Waals surface area contributed by atoms with Crippen LogP contribution in [0.4, 0.5) is 5.69 Å². The van der Waals surface area contributed by atoms with Gasteiger partial charge < -0.3 is 20.4 Å². The van der Waals surface area contributed by atoms with Crippen LogP contribution < -0.4 is 15.5 Å². The molecule has 9 heteroatoms. The van der Waals surface area contributed by atoms with Crippen LogP contribution in [0.3, 0.4) is 0 Å². The molecule has 0 spiro atoms. The summed E-state index contributed by atoms with van der Waals surface area (Å²) in [4.78, 5) is 15.5. The van der Waals surface area contributed by atoms with E-state index in [9.17, 15) is 0 Å². The van der Waals surface area contributed by atoms with Gasteiger partial charge in [0.05, 0.1) is 17.2 Å². The number of anilines is 1. The van der Waals surface area contributed by atoms with Gasteiger partial charge in [-0.1, -0.05) is 17.7 Å². The molecule has 0 atom stereocenters. The Balaban J connectivity index is 0.00000341. The number of aliphatic imine (C=N–C) groups is 1. The van der Waals surface area contributed by atoms with Crippen molar-refractivity contribution in [1.29, 1.82) is 0 Å². The normalized spacial score (nSPS) is 15.0. The van der Waals surface area contributed by atoms with E-state index in [4.69, 9.17) is 16.6 Å². The predicted octanol–water partition coefficient (Wildman–Crippen LogP) is 4.08. The van der Waals surface area contributed by atoms with Crippen molar-refractivity contribution < 1.29 is 0 Å². The standard InChI is InChI=1S/C22H33ClN6S.HI/c1-5-24-22(25-10-9-21-27-16(2)17(3)30-21)26-15-18-19(23)7-6-8-20(18)29-13-11-28(4)12-14-29;/h6-8H,5,9-15H2,1-4H3,(H2,24,25,26);1H. The summed E-state index contributed by atoms with van der Waals surface area (Å²) in [7, 11) is 2.17. The molecule has 1 aromatic carbocycles. The maximum Gasteiger partial charge on any atom is 0.191 e. The Labute approximate surface area is 212 Å². The number of thiazole rings is 1. The zero-order valence-corrected chi connectivity index (χ0v) is 22.8. The van der Waals surface area contributed by atoms with E-state index >= 15 is 0 Å². The molecule has 172 valence electrons. The van der Waals surface area contributed by atoms with Crippen LogP contribution in [0.2, 0.25) is 5.02 Å². The first-order chi connectivity index (χ1) is 14.5. The maximum absolute atomic E-state index is 6.59. The van der Waals surface area contributed by atoms with Gasteiger partial charge in [-0.2, -0.15) is 0 Å². The van der Waals surface area contributed by atoms with E-state index < -0.39 is 0 Å². The molecule has 31 heavy (non-hydrogen) atoms. The number of aromatic nitrogens is 1. The molecule has 0 bridgehead atoms. The number of guanidine groups is 1. The van der Waals surface area contributed by atoms with Gasteiger partial charge >= 0.3 is 0 Å². The van der Waals surface area contributed by atoms with Gasteiger partial charge in [0.2, 0.25) is 0 Å². The highest BCUT2D eigenvalue weighted by molar-refractivity contribution is 14.0. The largest absolute Gasteiger partial charge is 0.369 e. The molecule has 2 heterocycles. The zero-order chi connectivity index (χ0) is 21.5. The lowest BCUT2D eigenvalue weighted by Gasteiger charge is -2.35.